The Morgan fingerprint density at radius 1 is 1.05 bits per heavy atom. The van der Waals surface area contributed by atoms with Crippen molar-refractivity contribution in [1.29, 1.82) is 0 Å². The van der Waals surface area contributed by atoms with Crippen molar-refractivity contribution in [2.75, 3.05) is 5.73 Å². The molecule has 2 aromatic rings. The topological polar surface area (TPSA) is 26.0 Å². The molecule has 0 aromatic heterocycles. The Hall–Kier alpha value is -1.76. The molecule has 1 aliphatic rings. The van der Waals surface area contributed by atoms with Crippen LogP contribution in [0.25, 0.3) is 0 Å². The fraction of sp³-hybridized carbons (Fsp3) is 0.429. The lowest BCUT2D eigenvalue weighted by atomic mass is 9.67. The van der Waals surface area contributed by atoms with Gasteiger partial charge in [0.05, 0.1) is 0 Å². The molecule has 116 valence electrons. The van der Waals surface area contributed by atoms with E-state index < -0.39 is 0 Å². The van der Waals surface area contributed by atoms with E-state index in [4.69, 9.17) is 5.73 Å². The van der Waals surface area contributed by atoms with Crippen LogP contribution < -0.4 is 5.73 Å². The van der Waals surface area contributed by atoms with E-state index in [1.54, 1.807) is 0 Å². The van der Waals surface area contributed by atoms with Crippen LogP contribution in [0.5, 0.6) is 0 Å². The first kappa shape index (κ1) is 15.1. The van der Waals surface area contributed by atoms with Crippen molar-refractivity contribution in [3.05, 3.63) is 65.2 Å². The van der Waals surface area contributed by atoms with Gasteiger partial charge in [-0.1, -0.05) is 48.9 Å². The molecule has 3 rings (SSSR count). The van der Waals surface area contributed by atoms with Gasteiger partial charge in [-0.05, 0) is 73.6 Å². The van der Waals surface area contributed by atoms with Gasteiger partial charge in [0, 0.05) is 5.69 Å². The van der Waals surface area contributed by atoms with E-state index in [-0.39, 0.29) is 0 Å². The van der Waals surface area contributed by atoms with E-state index >= 15 is 0 Å². The molecule has 0 spiro atoms. The smallest absolute Gasteiger partial charge is 0.0314 e. The summed E-state index contributed by atoms with van der Waals surface area (Å²) < 4.78 is 0. The average molecular weight is 293 g/mol. The van der Waals surface area contributed by atoms with Crippen LogP contribution in [0.2, 0.25) is 0 Å². The Morgan fingerprint density at radius 2 is 1.73 bits per heavy atom. The number of aryl methyl sites for hydroxylation is 1. The van der Waals surface area contributed by atoms with Crippen LogP contribution in [0, 0.1) is 12.3 Å². The molecule has 0 amide bonds. The molecular weight excluding hydrogens is 266 g/mol. The summed E-state index contributed by atoms with van der Waals surface area (Å²) in [6, 6.07) is 17.5. The van der Waals surface area contributed by atoms with E-state index in [1.165, 1.54) is 48.8 Å². The van der Waals surface area contributed by atoms with Crippen LogP contribution in [0.1, 0.15) is 55.2 Å². The molecule has 0 radical (unpaired) electrons. The van der Waals surface area contributed by atoms with Gasteiger partial charge in [0.25, 0.3) is 0 Å². The highest BCUT2D eigenvalue weighted by atomic mass is 14.5. The largest absolute Gasteiger partial charge is 0.399 e. The summed E-state index contributed by atoms with van der Waals surface area (Å²) in [5.41, 5.74) is 11.4. The quantitative estimate of drug-likeness (QED) is 0.745. The molecule has 2 N–H and O–H groups in total. The average Bonchev–Trinajstić information content (AvgIpc) is 2.50. The number of benzene rings is 2. The maximum atomic E-state index is 5.79. The highest BCUT2D eigenvalue weighted by Gasteiger charge is 2.31. The van der Waals surface area contributed by atoms with E-state index in [0.29, 0.717) is 5.41 Å². The summed E-state index contributed by atoms with van der Waals surface area (Å²) >= 11 is 0. The summed E-state index contributed by atoms with van der Waals surface area (Å²) in [7, 11) is 0. The Kier molecular flexibility index (Phi) is 4.24. The van der Waals surface area contributed by atoms with Crippen molar-refractivity contribution in [3.63, 3.8) is 0 Å². The minimum absolute atomic E-state index is 0.441. The Labute approximate surface area is 134 Å². The standard InChI is InChI=1S/C21H27N/c1-16-4-3-5-19(14-16)18-10-12-21(2,13-11-18)15-17-6-8-20(22)9-7-17/h3-9,14,18H,10-13,15,22H2,1-2H3. The molecule has 2 aromatic carbocycles. The van der Waals surface area contributed by atoms with Gasteiger partial charge in [-0.25, -0.2) is 0 Å². The van der Waals surface area contributed by atoms with Crippen molar-refractivity contribution in [1.82, 2.24) is 0 Å². The molecule has 1 fully saturated rings. The summed E-state index contributed by atoms with van der Waals surface area (Å²) in [6.45, 7) is 4.65. The molecule has 0 bridgehead atoms. The van der Waals surface area contributed by atoms with Crippen molar-refractivity contribution in [2.24, 2.45) is 5.41 Å². The second-order valence-corrected chi connectivity index (χ2v) is 7.42. The van der Waals surface area contributed by atoms with E-state index in [2.05, 4.69) is 50.2 Å². The SMILES string of the molecule is Cc1cccc(C2CCC(C)(Cc3ccc(N)cc3)CC2)c1. The molecule has 0 aliphatic heterocycles. The second-order valence-electron chi connectivity index (χ2n) is 7.42. The molecule has 0 saturated heterocycles. The van der Waals surface area contributed by atoms with Crippen LogP contribution in [-0.2, 0) is 6.42 Å². The summed E-state index contributed by atoms with van der Waals surface area (Å²) in [4.78, 5) is 0. The van der Waals surface area contributed by atoms with Gasteiger partial charge < -0.3 is 5.73 Å². The molecule has 22 heavy (non-hydrogen) atoms. The molecule has 1 aliphatic carbocycles. The number of nitrogens with two attached hydrogens (primary N) is 1. The van der Waals surface area contributed by atoms with Crippen molar-refractivity contribution in [2.45, 2.75) is 51.9 Å². The summed E-state index contributed by atoms with van der Waals surface area (Å²) in [5, 5.41) is 0. The first-order chi connectivity index (χ1) is 10.5. The fourth-order valence-corrected chi connectivity index (χ4v) is 3.88. The fourth-order valence-electron chi connectivity index (χ4n) is 3.88. The van der Waals surface area contributed by atoms with Gasteiger partial charge in [-0.3, -0.25) is 0 Å². The summed E-state index contributed by atoms with van der Waals surface area (Å²) in [6.07, 6.45) is 6.43. The van der Waals surface area contributed by atoms with Gasteiger partial charge in [-0.15, -0.1) is 0 Å². The van der Waals surface area contributed by atoms with Crippen molar-refractivity contribution < 1.29 is 0 Å². The zero-order chi connectivity index (χ0) is 15.6. The monoisotopic (exact) mass is 293 g/mol. The maximum absolute atomic E-state index is 5.79. The van der Waals surface area contributed by atoms with Gasteiger partial charge in [0.1, 0.15) is 0 Å². The third kappa shape index (κ3) is 3.52. The zero-order valence-electron chi connectivity index (χ0n) is 13.8. The van der Waals surface area contributed by atoms with Gasteiger partial charge in [0.2, 0.25) is 0 Å². The molecule has 1 heteroatoms. The van der Waals surface area contributed by atoms with Crippen LogP contribution in [-0.4, -0.2) is 0 Å². The highest BCUT2D eigenvalue weighted by molar-refractivity contribution is 5.39. The van der Waals surface area contributed by atoms with Crippen LogP contribution in [0.4, 0.5) is 5.69 Å². The second kappa shape index (κ2) is 6.16. The minimum atomic E-state index is 0.441. The molecule has 0 atom stereocenters. The van der Waals surface area contributed by atoms with Gasteiger partial charge in [-0.2, -0.15) is 0 Å². The molecule has 1 nitrogen and oxygen atoms in total. The van der Waals surface area contributed by atoms with Gasteiger partial charge in [0.15, 0.2) is 0 Å². The molecule has 0 unspecified atom stereocenters. The third-order valence-corrected chi connectivity index (χ3v) is 5.32. The maximum Gasteiger partial charge on any atom is 0.0314 e. The number of hydrogen-bond donors (Lipinski definition) is 1. The minimum Gasteiger partial charge on any atom is -0.399 e. The zero-order valence-corrected chi connectivity index (χ0v) is 13.8. The van der Waals surface area contributed by atoms with Gasteiger partial charge >= 0.3 is 0 Å². The predicted octanol–water partition coefficient (Wildman–Crippen LogP) is 5.48. The lowest BCUT2D eigenvalue weighted by molar-refractivity contribution is 0.197. The van der Waals surface area contributed by atoms with Crippen LogP contribution in [0.15, 0.2) is 48.5 Å². The molecule has 1 saturated carbocycles. The van der Waals surface area contributed by atoms with Crippen molar-refractivity contribution in [3.8, 4) is 0 Å². The Bertz CT molecular complexity index is 619. The lowest BCUT2D eigenvalue weighted by Gasteiger charge is -2.38. The number of rotatable bonds is 3. The van der Waals surface area contributed by atoms with E-state index in [9.17, 15) is 0 Å². The molecular formula is C21H27N. The Balaban J connectivity index is 1.64. The van der Waals surface area contributed by atoms with Crippen molar-refractivity contribution >= 4 is 5.69 Å². The number of anilines is 1. The molecule has 0 heterocycles. The van der Waals surface area contributed by atoms with Crippen LogP contribution >= 0.6 is 0 Å². The highest BCUT2D eigenvalue weighted by Crippen LogP contribution is 2.44. The van der Waals surface area contributed by atoms with E-state index in [0.717, 1.165) is 11.6 Å². The van der Waals surface area contributed by atoms with Crippen LogP contribution in [0.3, 0.4) is 0 Å². The predicted molar refractivity (Wildman–Crippen MR) is 95.1 cm³/mol. The third-order valence-electron chi connectivity index (χ3n) is 5.32. The normalized spacial score (nSPS) is 25.1. The first-order valence-corrected chi connectivity index (χ1v) is 8.45. The van der Waals surface area contributed by atoms with E-state index in [1.807, 2.05) is 12.1 Å². The first-order valence-electron chi connectivity index (χ1n) is 8.45. The summed E-state index contributed by atoms with van der Waals surface area (Å²) in [5.74, 6) is 0.749. The lowest BCUT2D eigenvalue weighted by Crippen LogP contribution is -2.26. The number of nitrogen functional groups attached to an aromatic ring is 1. The number of hydrogen-bond acceptors (Lipinski definition) is 1. The Morgan fingerprint density at radius 3 is 2.36 bits per heavy atom.